The topological polar surface area (TPSA) is 49.9 Å². The fourth-order valence-corrected chi connectivity index (χ4v) is 5.53. The SMILES string of the molecule is COCCN1C(=O)[C@@H]2CC[C@H]1CN(C(=O)C1(c3ccccc3)CCCCC1)C2. The van der Waals surface area contributed by atoms with Gasteiger partial charge in [0.2, 0.25) is 11.8 Å². The third kappa shape index (κ3) is 3.45. The van der Waals surface area contributed by atoms with Crippen molar-refractivity contribution in [2.24, 2.45) is 5.92 Å². The molecule has 5 nitrogen and oxygen atoms in total. The molecule has 3 saturated heterocycles. The molecule has 2 atom stereocenters. The second kappa shape index (κ2) is 8.24. The molecule has 2 amide bonds. The molecule has 1 aromatic rings. The standard InChI is InChI=1S/C23H32N2O3/c1-28-15-14-25-20-11-10-18(21(25)26)16-24(17-20)22(27)23(12-6-3-7-13-23)19-8-4-2-5-9-19/h2,4-5,8-9,18,20H,3,6-7,10-17H2,1H3/t18-,20+/m1/s1. The second-order valence-electron chi connectivity index (χ2n) is 8.67. The van der Waals surface area contributed by atoms with Crippen LogP contribution in [0.25, 0.3) is 0 Å². The molecule has 0 aromatic heterocycles. The van der Waals surface area contributed by atoms with Crippen LogP contribution in [-0.2, 0) is 19.7 Å². The first kappa shape index (κ1) is 19.4. The highest BCUT2D eigenvalue weighted by Gasteiger charge is 2.48. The molecule has 3 aliphatic heterocycles. The van der Waals surface area contributed by atoms with Crippen molar-refractivity contribution in [2.45, 2.75) is 56.4 Å². The van der Waals surface area contributed by atoms with Crippen LogP contribution in [0.15, 0.2) is 30.3 Å². The van der Waals surface area contributed by atoms with E-state index in [1.54, 1.807) is 7.11 Å². The fourth-order valence-electron chi connectivity index (χ4n) is 5.53. The summed E-state index contributed by atoms with van der Waals surface area (Å²) in [5.74, 6) is 0.397. The Bertz CT molecular complexity index is 699. The summed E-state index contributed by atoms with van der Waals surface area (Å²) in [6.07, 6.45) is 7.13. The monoisotopic (exact) mass is 384 g/mol. The number of ether oxygens (including phenoxy) is 1. The van der Waals surface area contributed by atoms with E-state index in [4.69, 9.17) is 4.74 Å². The van der Waals surface area contributed by atoms with Crippen LogP contribution in [0.2, 0.25) is 0 Å². The van der Waals surface area contributed by atoms with Gasteiger partial charge in [0.1, 0.15) is 0 Å². The van der Waals surface area contributed by atoms with Gasteiger partial charge in [0.25, 0.3) is 0 Å². The third-order valence-electron chi connectivity index (χ3n) is 7.06. The van der Waals surface area contributed by atoms with E-state index in [0.717, 1.165) is 44.1 Å². The molecule has 0 N–H and O–H groups in total. The van der Waals surface area contributed by atoms with E-state index >= 15 is 0 Å². The zero-order chi connectivity index (χ0) is 19.6. The van der Waals surface area contributed by atoms with Crippen LogP contribution in [0, 0.1) is 5.92 Å². The van der Waals surface area contributed by atoms with Crippen molar-refractivity contribution in [2.75, 3.05) is 33.4 Å². The minimum absolute atomic E-state index is 0.0593. The predicted octanol–water partition coefficient (Wildman–Crippen LogP) is 2.98. The van der Waals surface area contributed by atoms with Crippen molar-refractivity contribution in [1.29, 1.82) is 0 Å². The van der Waals surface area contributed by atoms with E-state index < -0.39 is 5.41 Å². The van der Waals surface area contributed by atoms with Gasteiger partial charge in [-0.15, -0.1) is 0 Å². The molecule has 1 aliphatic carbocycles. The van der Waals surface area contributed by atoms with E-state index in [2.05, 4.69) is 12.1 Å². The lowest BCUT2D eigenvalue weighted by molar-refractivity contribution is -0.140. The highest BCUT2D eigenvalue weighted by Crippen LogP contribution is 2.42. The average Bonchev–Trinajstić information content (AvgIpc) is 3.04. The largest absolute Gasteiger partial charge is 0.383 e. The molecule has 0 spiro atoms. The lowest BCUT2D eigenvalue weighted by atomic mass is 9.68. The van der Waals surface area contributed by atoms with Gasteiger partial charge in [-0.3, -0.25) is 9.59 Å². The number of nitrogens with zero attached hydrogens (tertiary/aromatic N) is 2. The Morgan fingerprint density at radius 2 is 1.86 bits per heavy atom. The number of hydrogen-bond acceptors (Lipinski definition) is 3. The van der Waals surface area contributed by atoms with Crippen molar-refractivity contribution in [3.8, 4) is 0 Å². The maximum absolute atomic E-state index is 13.9. The van der Waals surface area contributed by atoms with Crippen molar-refractivity contribution in [1.82, 2.24) is 9.80 Å². The van der Waals surface area contributed by atoms with Gasteiger partial charge in [-0.25, -0.2) is 0 Å². The Labute approximate surface area is 168 Å². The minimum Gasteiger partial charge on any atom is -0.383 e. The Kier molecular flexibility index (Phi) is 5.72. The zero-order valence-corrected chi connectivity index (χ0v) is 16.9. The van der Waals surface area contributed by atoms with Gasteiger partial charge >= 0.3 is 0 Å². The van der Waals surface area contributed by atoms with Crippen molar-refractivity contribution in [3.05, 3.63) is 35.9 Å². The number of fused-ring (bicyclic) bond motifs is 4. The Morgan fingerprint density at radius 3 is 2.57 bits per heavy atom. The molecular formula is C23H32N2O3. The first-order chi connectivity index (χ1) is 13.7. The van der Waals surface area contributed by atoms with Gasteiger partial charge in [-0.2, -0.15) is 0 Å². The maximum Gasteiger partial charge on any atom is 0.233 e. The van der Waals surface area contributed by atoms with Gasteiger partial charge in [-0.1, -0.05) is 49.6 Å². The molecule has 4 aliphatic rings. The highest BCUT2D eigenvalue weighted by molar-refractivity contribution is 5.90. The van der Waals surface area contributed by atoms with Crippen LogP contribution in [0.4, 0.5) is 0 Å². The van der Waals surface area contributed by atoms with E-state index in [1.165, 1.54) is 6.42 Å². The van der Waals surface area contributed by atoms with E-state index in [1.807, 2.05) is 28.0 Å². The summed E-state index contributed by atoms with van der Waals surface area (Å²) in [6, 6.07) is 10.5. The Balaban J connectivity index is 1.61. The van der Waals surface area contributed by atoms with E-state index in [-0.39, 0.29) is 23.8 Å². The molecule has 1 saturated carbocycles. The Hall–Kier alpha value is -1.88. The summed E-state index contributed by atoms with van der Waals surface area (Å²) in [4.78, 5) is 30.9. The molecule has 28 heavy (non-hydrogen) atoms. The van der Waals surface area contributed by atoms with E-state index in [9.17, 15) is 9.59 Å². The summed E-state index contributed by atoms with van der Waals surface area (Å²) in [5, 5.41) is 0. The number of carbonyl (C=O) groups excluding carboxylic acids is 2. The lowest BCUT2D eigenvalue weighted by Gasteiger charge is -2.40. The molecule has 4 fully saturated rings. The van der Waals surface area contributed by atoms with E-state index in [0.29, 0.717) is 26.2 Å². The smallest absolute Gasteiger partial charge is 0.233 e. The van der Waals surface area contributed by atoms with Crippen molar-refractivity contribution < 1.29 is 14.3 Å². The summed E-state index contributed by atoms with van der Waals surface area (Å²) in [6.45, 7) is 2.42. The van der Waals surface area contributed by atoms with Crippen LogP contribution in [0.1, 0.15) is 50.5 Å². The number of methoxy groups -OCH3 is 1. The van der Waals surface area contributed by atoms with Crippen molar-refractivity contribution >= 4 is 11.8 Å². The summed E-state index contributed by atoms with van der Waals surface area (Å²) in [5.41, 5.74) is 0.739. The molecule has 0 radical (unpaired) electrons. The Morgan fingerprint density at radius 1 is 1.11 bits per heavy atom. The second-order valence-corrected chi connectivity index (χ2v) is 8.67. The third-order valence-corrected chi connectivity index (χ3v) is 7.06. The van der Waals surface area contributed by atoms with Gasteiger partial charge in [0.15, 0.2) is 0 Å². The molecule has 5 rings (SSSR count). The number of hydrogen-bond donors (Lipinski definition) is 0. The van der Waals surface area contributed by atoms with Crippen LogP contribution in [0.3, 0.4) is 0 Å². The molecule has 5 heteroatoms. The minimum atomic E-state index is -0.413. The number of carbonyl (C=O) groups is 2. The molecule has 2 bridgehead atoms. The average molecular weight is 385 g/mol. The molecular weight excluding hydrogens is 352 g/mol. The molecule has 3 heterocycles. The lowest BCUT2D eigenvalue weighted by Crippen LogP contribution is -2.51. The number of benzene rings is 1. The highest BCUT2D eigenvalue weighted by atomic mass is 16.5. The van der Waals surface area contributed by atoms with Gasteiger partial charge in [0.05, 0.1) is 17.9 Å². The number of piperidine rings is 1. The summed E-state index contributed by atoms with van der Waals surface area (Å²) < 4.78 is 5.21. The molecule has 1 aromatic carbocycles. The van der Waals surface area contributed by atoms with Crippen LogP contribution < -0.4 is 0 Å². The van der Waals surface area contributed by atoms with Crippen molar-refractivity contribution in [3.63, 3.8) is 0 Å². The normalized spacial score (nSPS) is 27.0. The quantitative estimate of drug-likeness (QED) is 0.784. The first-order valence-electron chi connectivity index (χ1n) is 10.8. The van der Waals surface area contributed by atoms with Gasteiger partial charge < -0.3 is 14.5 Å². The molecule has 0 unspecified atom stereocenters. The number of rotatable bonds is 5. The van der Waals surface area contributed by atoms with Crippen LogP contribution in [-0.4, -0.2) is 61.0 Å². The zero-order valence-electron chi connectivity index (χ0n) is 16.9. The molecule has 152 valence electrons. The van der Waals surface area contributed by atoms with Crippen LogP contribution in [0.5, 0.6) is 0 Å². The van der Waals surface area contributed by atoms with Gasteiger partial charge in [-0.05, 0) is 31.2 Å². The summed E-state index contributed by atoms with van der Waals surface area (Å²) in [7, 11) is 1.67. The van der Waals surface area contributed by atoms with Gasteiger partial charge in [0, 0.05) is 32.8 Å². The summed E-state index contributed by atoms with van der Waals surface area (Å²) >= 11 is 0. The number of amides is 2. The fraction of sp³-hybridized carbons (Fsp3) is 0.652. The predicted molar refractivity (Wildman–Crippen MR) is 108 cm³/mol. The van der Waals surface area contributed by atoms with Crippen LogP contribution >= 0.6 is 0 Å². The maximum atomic E-state index is 13.9. The first-order valence-corrected chi connectivity index (χ1v) is 10.8.